The molecule has 7 heteroatoms. The van der Waals surface area contributed by atoms with Crippen LogP contribution in [0.2, 0.25) is 13.6 Å². The molecule has 0 amide bonds. The van der Waals surface area contributed by atoms with E-state index in [1.54, 1.807) is 27.5 Å². The second kappa shape index (κ2) is 6.33. The number of carbonyl (C=O) groups is 2. The summed E-state index contributed by atoms with van der Waals surface area (Å²) in [5.41, 5.74) is 2.40. The predicted octanol–water partition coefficient (Wildman–Crippen LogP) is 0.413. The van der Waals surface area contributed by atoms with Gasteiger partial charge < -0.3 is 14.6 Å². The summed E-state index contributed by atoms with van der Waals surface area (Å²) in [6.07, 6.45) is 0.252. The first-order valence-corrected chi connectivity index (χ1v) is 6.02. The van der Waals surface area contributed by atoms with Crippen molar-refractivity contribution in [3.8, 4) is 0 Å². The highest BCUT2D eigenvalue weighted by atomic mass is 16.5. The number of allylic oxidation sites excluding steroid dienone is 2. The molecule has 0 fully saturated rings. The van der Waals surface area contributed by atoms with Gasteiger partial charge in [-0.05, 0) is 13.8 Å². The molecule has 0 saturated carbocycles. The van der Waals surface area contributed by atoms with Crippen molar-refractivity contribution < 1.29 is 18.9 Å². The second-order valence-electron chi connectivity index (χ2n) is 3.95. The van der Waals surface area contributed by atoms with Gasteiger partial charge in [0.15, 0.2) is 0 Å². The van der Waals surface area contributed by atoms with Crippen LogP contribution in [-0.4, -0.2) is 26.9 Å². The van der Waals surface area contributed by atoms with Gasteiger partial charge in [-0.1, -0.05) is 13.6 Å². The Morgan fingerprint density at radius 2 is 1.39 bits per heavy atom. The average molecular weight is 249 g/mol. The second-order valence-corrected chi connectivity index (χ2v) is 3.95. The van der Waals surface area contributed by atoms with E-state index in [2.05, 4.69) is 5.32 Å². The van der Waals surface area contributed by atoms with Crippen molar-refractivity contribution >= 4 is 26.9 Å². The van der Waals surface area contributed by atoms with Crippen LogP contribution in [0.5, 0.6) is 0 Å². The van der Waals surface area contributed by atoms with Gasteiger partial charge in [-0.25, -0.2) is 9.59 Å². The summed E-state index contributed by atoms with van der Waals surface area (Å²) in [5, 5.41) is 3.02. The van der Waals surface area contributed by atoms with Gasteiger partial charge in [0.25, 0.3) is 0 Å². The summed E-state index contributed by atoms with van der Waals surface area (Å²) >= 11 is 0. The monoisotopic (exact) mass is 249 g/mol. The Morgan fingerprint density at radius 1 is 1.00 bits per heavy atom. The van der Waals surface area contributed by atoms with E-state index in [0.717, 1.165) is 11.4 Å². The molecular weight excluding hydrogens is 232 g/mol. The van der Waals surface area contributed by atoms with Crippen LogP contribution in [0.1, 0.15) is 20.3 Å². The minimum Gasteiger partial charge on any atom is -0.537 e. The average Bonchev–Trinajstić information content (AvgIpc) is 2.29. The van der Waals surface area contributed by atoms with Crippen LogP contribution in [0, 0.1) is 0 Å². The van der Waals surface area contributed by atoms with Crippen molar-refractivity contribution in [1.82, 2.24) is 5.32 Å². The van der Waals surface area contributed by atoms with Gasteiger partial charge in [0.05, 0.1) is 11.1 Å². The summed E-state index contributed by atoms with van der Waals surface area (Å²) in [7, 11) is 0.625. The van der Waals surface area contributed by atoms with Crippen LogP contribution in [0.15, 0.2) is 22.5 Å². The first-order valence-electron chi connectivity index (χ1n) is 6.02. The largest absolute Gasteiger partial charge is 0.537 e. The van der Waals surface area contributed by atoms with Crippen molar-refractivity contribution in [2.75, 3.05) is 0 Å². The molecule has 0 unspecified atom stereocenters. The Labute approximate surface area is 108 Å². The van der Waals surface area contributed by atoms with Gasteiger partial charge in [-0.15, -0.1) is 0 Å². The van der Waals surface area contributed by atoms with Gasteiger partial charge in [-0.3, -0.25) is 0 Å². The highest BCUT2D eigenvalue weighted by molar-refractivity contribution is 6.30. The molecule has 0 radical (unpaired) electrons. The molecule has 1 aliphatic rings. The molecule has 0 saturated heterocycles. The number of hydrogen-bond acceptors (Lipinski definition) is 5. The van der Waals surface area contributed by atoms with Gasteiger partial charge in [0, 0.05) is 17.8 Å². The van der Waals surface area contributed by atoms with Crippen LogP contribution in [0.4, 0.5) is 0 Å². The molecule has 0 aromatic heterocycles. The predicted molar refractivity (Wildman–Crippen MR) is 71.4 cm³/mol. The Hall–Kier alpha value is -1.65. The van der Waals surface area contributed by atoms with E-state index in [0.29, 0.717) is 26.1 Å². The Bertz CT molecular complexity index is 391. The Morgan fingerprint density at radius 3 is 1.72 bits per heavy atom. The summed E-state index contributed by atoms with van der Waals surface area (Å²) in [6, 6.07) is 0. The number of carbonyl (C=O) groups excluding carboxylic acids is 2. The molecule has 0 atom stereocenters. The number of nitrogens with one attached hydrogen (secondary N) is 1. The maximum atomic E-state index is 11.7. The molecule has 1 aliphatic heterocycles. The zero-order chi connectivity index (χ0) is 13.7. The van der Waals surface area contributed by atoms with Gasteiger partial charge in [0.1, 0.15) is 0 Å². The molecule has 0 aromatic rings. The Kier molecular flexibility index (Phi) is 5.07. The van der Waals surface area contributed by atoms with Crippen LogP contribution in [-0.2, 0) is 18.9 Å². The fourth-order valence-electron chi connectivity index (χ4n) is 1.76. The van der Waals surface area contributed by atoms with E-state index in [-0.39, 0.29) is 6.42 Å². The fourth-order valence-corrected chi connectivity index (χ4v) is 1.76. The van der Waals surface area contributed by atoms with Crippen LogP contribution >= 0.6 is 0 Å². The van der Waals surface area contributed by atoms with Crippen molar-refractivity contribution in [2.45, 2.75) is 33.9 Å². The van der Waals surface area contributed by atoms with Crippen LogP contribution in [0.3, 0.4) is 0 Å². The SMILES string of the molecule is CBOC(=O)C1=C(C)NC(C)=C(C(=O)OBC)C1. The lowest BCUT2D eigenvalue weighted by molar-refractivity contribution is -0.130. The molecule has 0 spiro atoms. The third-order valence-electron chi connectivity index (χ3n) is 2.68. The third kappa shape index (κ3) is 3.18. The van der Waals surface area contributed by atoms with Gasteiger partial charge >= 0.3 is 26.9 Å². The highest BCUT2D eigenvalue weighted by Gasteiger charge is 2.26. The molecule has 5 nitrogen and oxygen atoms in total. The van der Waals surface area contributed by atoms with Gasteiger partial charge in [-0.2, -0.15) is 0 Å². The smallest absolute Gasteiger partial charge is 0.341 e. The fraction of sp³-hybridized carbons (Fsp3) is 0.455. The third-order valence-corrected chi connectivity index (χ3v) is 2.68. The zero-order valence-electron chi connectivity index (χ0n) is 11.3. The lowest BCUT2D eigenvalue weighted by Crippen LogP contribution is -2.27. The standard InChI is InChI=1S/C11H17B2NO4/c1-6-8(10(15)17-12-3)5-9(7(2)14-6)11(16)18-13-4/h12-14H,5H2,1-4H3. The highest BCUT2D eigenvalue weighted by Crippen LogP contribution is 2.24. The van der Waals surface area contributed by atoms with E-state index in [1.807, 2.05) is 0 Å². The minimum atomic E-state index is -0.392. The molecule has 1 N–H and O–H groups in total. The molecule has 1 rings (SSSR count). The lowest BCUT2D eigenvalue weighted by Gasteiger charge is -2.22. The Balaban J connectivity index is 2.89. The molecule has 1 heterocycles. The first kappa shape index (κ1) is 14.4. The molecule has 0 aromatic carbocycles. The molecule has 0 aliphatic carbocycles. The number of rotatable bonds is 4. The van der Waals surface area contributed by atoms with Crippen molar-refractivity contribution in [3.63, 3.8) is 0 Å². The summed E-state index contributed by atoms with van der Waals surface area (Å²) in [4.78, 5) is 23.5. The summed E-state index contributed by atoms with van der Waals surface area (Å²) in [6.45, 7) is 7.07. The van der Waals surface area contributed by atoms with E-state index in [9.17, 15) is 9.59 Å². The van der Waals surface area contributed by atoms with E-state index < -0.39 is 11.9 Å². The lowest BCUT2D eigenvalue weighted by atomic mass is 9.96. The maximum Gasteiger partial charge on any atom is 0.341 e. The van der Waals surface area contributed by atoms with Crippen molar-refractivity contribution in [1.29, 1.82) is 0 Å². The summed E-state index contributed by atoms with van der Waals surface area (Å²) in [5.74, 6) is -0.784. The molecule has 96 valence electrons. The van der Waals surface area contributed by atoms with Crippen LogP contribution in [0.25, 0.3) is 0 Å². The van der Waals surface area contributed by atoms with Gasteiger partial charge in [0.2, 0.25) is 0 Å². The van der Waals surface area contributed by atoms with E-state index in [1.165, 1.54) is 0 Å². The zero-order valence-corrected chi connectivity index (χ0v) is 11.3. The molecule has 0 bridgehead atoms. The van der Waals surface area contributed by atoms with E-state index >= 15 is 0 Å². The van der Waals surface area contributed by atoms with E-state index in [4.69, 9.17) is 9.31 Å². The topological polar surface area (TPSA) is 64.6 Å². The quantitative estimate of drug-likeness (QED) is 0.731. The molecular formula is C11H17B2NO4. The number of hydrogen-bond donors (Lipinski definition) is 1. The van der Waals surface area contributed by atoms with Crippen LogP contribution < -0.4 is 5.32 Å². The first-order chi connectivity index (χ1) is 8.51. The maximum absolute atomic E-state index is 11.7. The summed E-state index contributed by atoms with van der Waals surface area (Å²) < 4.78 is 9.93. The van der Waals surface area contributed by atoms with Crippen molar-refractivity contribution in [2.24, 2.45) is 0 Å². The molecule has 18 heavy (non-hydrogen) atoms. The minimum absolute atomic E-state index is 0.252. The van der Waals surface area contributed by atoms with Crippen molar-refractivity contribution in [3.05, 3.63) is 22.5 Å². The number of dihydropyridines is 1. The normalized spacial score (nSPS) is 14.9.